The highest BCUT2D eigenvalue weighted by Crippen LogP contribution is 2.40. The van der Waals surface area contributed by atoms with Crippen molar-refractivity contribution in [2.45, 2.75) is 26.3 Å². The number of fused-ring (bicyclic) bond motifs is 1. The molecule has 5 nitrogen and oxygen atoms in total. The first-order chi connectivity index (χ1) is 11.0. The summed E-state index contributed by atoms with van der Waals surface area (Å²) in [6.07, 6.45) is 0.459. The molecule has 1 aromatic carbocycles. The van der Waals surface area contributed by atoms with Crippen molar-refractivity contribution in [1.82, 2.24) is 4.90 Å². The van der Waals surface area contributed by atoms with Gasteiger partial charge in [-0.15, -0.1) is 0 Å². The van der Waals surface area contributed by atoms with Gasteiger partial charge in [-0.25, -0.2) is 4.99 Å². The van der Waals surface area contributed by atoms with E-state index in [4.69, 9.17) is 4.74 Å². The number of hydrogen-bond acceptors (Lipinski definition) is 5. The first-order valence-electron chi connectivity index (χ1n) is 7.42. The Hall–Kier alpha value is -2.08. The van der Waals surface area contributed by atoms with Crippen LogP contribution in [0.4, 0.5) is 0 Å². The minimum absolute atomic E-state index is 0.00886. The second-order valence-electron chi connectivity index (χ2n) is 5.49. The molecule has 0 bridgehead atoms. The number of amides is 1. The molecule has 1 atom stereocenters. The number of hydrogen-bond donors (Lipinski definition) is 0. The van der Waals surface area contributed by atoms with Crippen LogP contribution >= 0.6 is 11.8 Å². The maximum atomic E-state index is 12.5. The van der Waals surface area contributed by atoms with Gasteiger partial charge in [0.05, 0.1) is 13.2 Å². The smallest absolute Gasteiger partial charge is 0.230 e. The first kappa shape index (κ1) is 15.8. The number of amidine groups is 1. The van der Waals surface area contributed by atoms with Crippen molar-refractivity contribution in [3.8, 4) is 5.75 Å². The van der Waals surface area contributed by atoms with E-state index in [1.807, 2.05) is 31.2 Å². The Balaban J connectivity index is 2.13. The Morgan fingerprint density at radius 3 is 2.65 bits per heavy atom. The van der Waals surface area contributed by atoms with E-state index < -0.39 is 6.04 Å². The van der Waals surface area contributed by atoms with Gasteiger partial charge in [-0.2, -0.15) is 0 Å². The molecular weight excluding hydrogens is 312 g/mol. The molecule has 1 saturated heterocycles. The minimum atomic E-state index is -0.411. The van der Waals surface area contributed by atoms with Gasteiger partial charge in [0.1, 0.15) is 5.75 Å². The summed E-state index contributed by atoms with van der Waals surface area (Å²) >= 11 is 1.56. The number of nitrogens with zero attached hydrogens (tertiary/aromatic N) is 2. The molecule has 1 aromatic rings. The van der Waals surface area contributed by atoms with E-state index in [0.29, 0.717) is 22.9 Å². The largest absolute Gasteiger partial charge is 0.497 e. The van der Waals surface area contributed by atoms with Crippen LogP contribution in [-0.4, -0.2) is 34.6 Å². The number of carbonyl (C=O) groups excluding carboxylic acids is 2. The summed E-state index contributed by atoms with van der Waals surface area (Å²) in [6.45, 7) is 3.36. The third kappa shape index (κ3) is 2.79. The summed E-state index contributed by atoms with van der Waals surface area (Å²) in [7, 11) is 1.61. The zero-order valence-electron chi connectivity index (χ0n) is 13.3. The van der Waals surface area contributed by atoms with Crippen LogP contribution in [0.3, 0.4) is 0 Å². The van der Waals surface area contributed by atoms with Crippen LogP contribution in [0, 0.1) is 0 Å². The Morgan fingerprint density at radius 1 is 1.35 bits per heavy atom. The highest BCUT2D eigenvalue weighted by atomic mass is 32.2. The number of rotatable bonds is 3. The predicted octanol–water partition coefficient (Wildman–Crippen LogP) is 2.93. The fraction of sp³-hybridized carbons (Fsp3) is 0.353. The van der Waals surface area contributed by atoms with Gasteiger partial charge in [0, 0.05) is 23.4 Å². The summed E-state index contributed by atoms with van der Waals surface area (Å²) in [6, 6.07) is 7.07. The maximum Gasteiger partial charge on any atom is 0.230 e. The van der Waals surface area contributed by atoms with E-state index in [9.17, 15) is 9.59 Å². The SMILES string of the molecule is COc1ccc([C@H]2C(C(C)=O)=C(C)N=C3SCCC(=O)N32)cc1. The molecule has 0 unspecified atom stereocenters. The van der Waals surface area contributed by atoms with Crippen LogP contribution in [0.5, 0.6) is 5.75 Å². The second-order valence-corrected chi connectivity index (χ2v) is 6.55. The maximum absolute atomic E-state index is 12.5. The van der Waals surface area contributed by atoms with E-state index in [-0.39, 0.29) is 11.7 Å². The van der Waals surface area contributed by atoms with Gasteiger partial charge in [-0.05, 0) is 31.5 Å². The Bertz CT molecular complexity index is 722. The van der Waals surface area contributed by atoms with E-state index in [0.717, 1.165) is 17.1 Å². The normalized spacial score (nSPS) is 21.0. The highest BCUT2D eigenvalue weighted by Gasteiger charge is 2.39. The molecule has 1 amide bonds. The van der Waals surface area contributed by atoms with Gasteiger partial charge in [0.15, 0.2) is 11.0 Å². The molecule has 1 fully saturated rings. The monoisotopic (exact) mass is 330 g/mol. The van der Waals surface area contributed by atoms with E-state index in [1.165, 1.54) is 6.92 Å². The van der Waals surface area contributed by atoms with Crippen LogP contribution in [0.2, 0.25) is 0 Å². The molecule has 0 spiro atoms. The van der Waals surface area contributed by atoms with Crippen LogP contribution in [0.1, 0.15) is 31.9 Å². The molecule has 0 aliphatic carbocycles. The summed E-state index contributed by atoms with van der Waals surface area (Å²) in [5, 5.41) is 0.685. The molecule has 0 saturated carbocycles. The molecule has 0 aromatic heterocycles. The van der Waals surface area contributed by atoms with Crippen molar-refractivity contribution >= 4 is 28.6 Å². The van der Waals surface area contributed by atoms with Crippen LogP contribution in [0.15, 0.2) is 40.5 Å². The standard InChI is InChI=1S/C17H18N2O3S/c1-10-15(11(2)20)16(12-4-6-13(22-3)7-5-12)19-14(21)8-9-23-17(19)18-10/h4-7,16H,8-9H2,1-3H3/t16-/m0/s1. The van der Waals surface area contributed by atoms with E-state index >= 15 is 0 Å². The molecule has 3 rings (SSSR count). The highest BCUT2D eigenvalue weighted by molar-refractivity contribution is 8.14. The van der Waals surface area contributed by atoms with Crippen LogP contribution in [-0.2, 0) is 9.59 Å². The number of methoxy groups -OCH3 is 1. The Kier molecular flexibility index (Phi) is 4.26. The average molecular weight is 330 g/mol. The van der Waals surface area contributed by atoms with Crippen molar-refractivity contribution in [2.75, 3.05) is 12.9 Å². The van der Waals surface area contributed by atoms with Gasteiger partial charge in [-0.1, -0.05) is 23.9 Å². The number of benzene rings is 1. The van der Waals surface area contributed by atoms with Gasteiger partial charge in [-0.3, -0.25) is 14.5 Å². The molecular formula is C17H18N2O3S. The molecule has 6 heteroatoms. The second kappa shape index (κ2) is 6.20. The third-order valence-electron chi connectivity index (χ3n) is 4.02. The molecule has 0 N–H and O–H groups in total. The quantitative estimate of drug-likeness (QED) is 0.855. The fourth-order valence-corrected chi connectivity index (χ4v) is 3.95. The van der Waals surface area contributed by atoms with Gasteiger partial charge in [0.25, 0.3) is 0 Å². The number of aliphatic imine (C=N–C) groups is 1. The minimum Gasteiger partial charge on any atom is -0.497 e. The summed E-state index contributed by atoms with van der Waals surface area (Å²) < 4.78 is 5.19. The van der Waals surface area contributed by atoms with Crippen molar-refractivity contribution in [3.63, 3.8) is 0 Å². The van der Waals surface area contributed by atoms with Gasteiger partial charge < -0.3 is 4.74 Å². The Labute approximate surface area is 139 Å². The average Bonchev–Trinajstić information content (AvgIpc) is 2.53. The molecule has 2 heterocycles. The van der Waals surface area contributed by atoms with Crippen molar-refractivity contribution in [2.24, 2.45) is 4.99 Å². The van der Waals surface area contributed by atoms with Crippen molar-refractivity contribution in [1.29, 1.82) is 0 Å². The van der Waals surface area contributed by atoms with Crippen LogP contribution in [0.25, 0.3) is 0 Å². The summed E-state index contributed by atoms with van der Waals surface area (Å²) in [5.41, 5.74) is 2.15. The lowest BCUT2D eigenvalue weighted by atomic mass is 9.92. The number of ketones is 1. The van der Waals surface area contributed by atoms with Crippen molar-refractivity contribution in [3.05, 3.63) is 41.1 Å². The Morgan fingerprint density at radius 2 is 2.04 bits per heavy atom. The lowest BCUT2D eigenvalue weighted by Crippen LogP contribution is -2.45. The first-order valence-corrected chi connectivity index (χ1v) is 8.40. The molecule has 0 radical (unpaired) electrons. The number of thioether (sulfide) groups is 1. The van der Waals surface area contributed by atoms with E-state index in [1.54, 1.807) is 23.8 Å². The number of carbonyl (C=O) groups is 2. The van der Waals surface area contributed by atoms with Gasteiger partial charge >= 0.3 is 0 Å². The third-order valence-corrected chi connectivity index (χ3v) is 4.97. The van der Waals surface area contributed by atoms with Crippen molar-refractivity contribution < 1.29 is 14.3 Å². The lowest BCUT2D eigenvalue weighted by Gasteiger charge is -2.39. The topological polar surface area (TPSA) is 59.0 Å². The predicted molar refractivity (Wildman–Crippen MR) is 90.5 cm³/mol. The van der Waals surface area contributed by atoms with E-state index in [2.05, 4.69) is 4.99 Å². The fourth-order valence-electron chi connectivity index (χ4n) is 2.95. The molecule has 120 valence electrons. The number of Topliss-reactive ketones (excluding diaryl/α,β-unsaturated/α-hetero) is 1. The molecule has 23 heavy (non-hydrogen) atoms. The zero-order valence-corrected chi connectivity index (χ0v) is 14.1. The summed E-state index contributed by atoms with van der Waals surface area (Å²) in [4.78, 5) is 30.8. The zero-order chi connectivity index (χ0) is 16.6. The van der Waals surface area contributed by atoms with Crippen LogP contribution < -0.4 is 4.74 Å². The number of allylic oxidation sites excluding steroid dienone is 1. The van der Waals surface area contributed by atoms with Gasteiger partial charge in [0.2, 0.25) is 5.91 Å². The lowest BCUT2D eigenvalue weighted by molar-refractivity contribution is -0.128. The number of ether oxygens (including phenoxy) is 1. The summed E-state index contributed by atoms with van der Waals surface area (Å²) in [5.74, 6) is 1.42. The molecule has 2 aliphatic heterocycles. The molecule has 2 aliphatic rings.